The lowest BCUT2D eigenvalue weighted by molar-refractivity contribution is 0.0383. The third-order valence-corrected chi connectivity index (χ3v) is 6.68. The highest BCUT2D eigenvalue weighted by atomic mass is 35.5. The van der Waals surface area contributed by atoms with Crippen molar-refractivity contribution in [2.75, 3.05) is 44.7 Å². The summed E-state index contributed by atoms with van der Waals surface area (Å²) in [5.41, 5.74) is 3.31. The number of carbonyl (C=O) groups is 1. The molecule has 0 aliphatic carbocycles. The lowest BCUT2D eigenvalue weighted by Gasteiger charge is -2.26. The van der Waals surface area contributed by atoms with Crippen molar-refractivity contribution in [1.82, 2.24) is 25.4 Å². The number of ether oxygens (including phenoxy) is 2. The van der Waals surface area contributed by atoms with E-state index in [1.807, 2.05) is 6.92 Å². The van der Waals surface area contributed by atoms with Gasteiger partial charge in [0.2, 0.25) is 0 Å². The van der Waals surface area contributed by atoms with Gasteiger partial charge in [-0.3, -0.25) is 9.69 Å². The van der Waals surface area contributed by atoms with Gasteiger partial charge in [0.25, 0.3) is 5.91 Å². The van der Waals surface area contributed by atoms with Gasteiger partial charge in [-0.1, -0.05) is 23.7 Å². The predicted molar refractivity (Wildman–Crippen MR) is 144 cm³/mol. The Kier molecular flexibility index (Phi) is 8.02. The summed E-state index contributed by atoms with van der Waals surface area (Å²) in [6, 6.07) is 11.5. The summed E-state index contributed by atoms with van der Waals surface area (Å²) >= 11 is 6.45. The van der Waals surface area contributed by atoms with E-state index in [-0.39, 0.29) is 18.3 Å². The maximum Gasteiger partial charge on any atom is 0.268 e. The SMILES string of the molecule is Cc1c(C(=O)NCCN2CCOCC2)[nH]c2cnnc(Nc3ccc(OCc4cccc(F)c4)c(Cl)c3)c12. The molecule has 0 unspecified atom stereocenters. The Morgan fingerprint density at radius 1 is 1.24 bits per heavy atom. The third kappa shape index (κ3) is 6.04. The number of hydrogen-bond acceptors (Lipinski definition) is 7. The molecular weight excluding hydrogens is 511 g/mol. The predicted octanol–water partition coefficient (Wildman–Crippen LogP) is 4.44. The van der Waals surface area contributed by atoms with Crippen LogP contribution in [0.25, 0.3) is 10.9 Å². The second-order valence-corrected chi connectivity index (χ2v) is 9.41. The quantitative estimate of drug-likeness (QED) is 0.289. The van der Waals surface area contributed by atoms with E-state index >= 15 is 0 Å². The van der Waals surface area contributed by atoms with Gasteiger partial charge in [-0.15, -0.1) is 5.10 Å². The highest BCUT2D eigenvalue weighted by molar-refractivity contribution is 6.32. The van der Waals surface area contributed by atoms with E-state index in [9.17, 15) is 9.18 Å². The van der Waals surface area contributed by atoms with Crippen LogP contribution >= 0.6 is 11.6 Å². The van der Waals surface area contributed by atoms with Crippen LogP contribution in [-0.2, 0) is 11.3 Å². The number of benzene rings is 2. The summed E-state index contributed by atoms with van der Waals surface area (Å²) in [5, 5.41) is 15.7. The summed E-state index contributed by atoms with van der Waals surface area (Å²) in [6.07, 6.45) is 1.59. The fourth-order valence-electron chi connectivity index (χ4n) is 4.39. The van der Waals surface area contributed by atoms with Crippen LogP contribution in [0.4, 0.5) is 15.9 Å². The van der Waals surface area contributed by atoms with Crippen LogP contribution in [0.2, 0.25) is 5.02 Å². The van der Waals surface area contributed by atoms with Crippen molar-refractivity contribution in [2.24, 2.45) is 0 Å². The number of aryl methyl sites for hydroxylation is 1. The lowest BCUT2D eigenvalue weighted by Crippen LogP contribution is -2.41. The van der Waals surface area contributed by atoms with Gasteiger partial charge >= 0.3 is 0 Å². The minimum Gasteiger partial charge on any atom is -0.487 e. The molecule has 0 bridgehead atoms. The number of nitrogens with zero attached hydrogens (tertiary/aromatic N) is 3. The van der Waals surface area contributed by atoms with Gasteiger partial charge in [0.1, 0.15) is 23.9 Å². The van der Waals surface area contributed by atoms with Crippen molar-refractivity contribution < 1.29 is 18.7 Å². The molecule has 0 spiro atoms. The molecule has 1 amide bonds. The van der Waals surface area contributed by atoms with Crippen molar-refractivity contribution in [3.05, 3.63) is 76.3 Å². The molecule has 0 radical (unpaired) electrons. The number of morpholine rings is 1. The number of carbonyl (C=O) groups excluding carboxylic acids is 1. The van der Waals surface area contributed by atoms with Gasteiger partial charge in [0, 0.05) is 37.3 Å². The molecule has 11 heteroatoms. The number of rotatable bonds is 9. The maximum absolute atomic E-state index is 13.4. The minimum absolute atomic E-state index is 0.180. The summed E-state index contributed by atoms with van der Waals surface area (Å²) in [7, 11) is 0. The number of aromatic nitrogens is 3. The molecule has 5 rings (SSSR count). The molecule has 0 saturated carbocycles. The van der Waals surface area contributed by atoms with Crippen LogP contribution in [0.3, 0.4) is 0 Å². The van der Waals surface area contributed by atoms with Crippen LogP contribution in [-0.4, -0.2) is 65.4 Å². The largest absolute Gasteiger partial charge is 0.487 e. The first-order valence-electron chi connectivity index (χ1n) is 12.3. The second-order valence-electron chi connectivity index (χ2n) is 9.01. The average Bonchev–Trinajstić information content (AvgIpc) is 3.26. The summed E-state index contributed by atoms with van der Waals surface area (Å²) in [6.45, 7) is 6.57. The molecule has 1 aliphatic heterocycles. The van der Waals surface area contributed by atoms with Gasteiger partial charge < -0.3 is 25.1 Å². The summed E-state index contributed by atoms with van der Waals surface area (Å²) in [5.74, 6) is 0.467. The Morgan fingerprint density at radius 2 is 2.08 bits per heavy atom. The van der Waals surface area contributed by atoms with Crippen molar-refractivity contribution in [3.63, 3.8) is 0 Å². The van der Waals surface area contributed by atoms with Crippen LogP contribution in [0.5, 0.6) is 5.75 Å². The Hall–Kier alpha value is -3.73. The molecule has 2 aromatic carbocycles. The molecule has 0 atom stereocenters. The number of amides is 1. The molecule has 3 heterocycles. The van der Waals surface area contributed by atoms with E-state index in [1.165, 1.54) is 12.1 Å². The number of halogens is 2. The first-order valence-corrected chi connectivity index (χ1v) is 12.7. The molecule has 3 N–H and O–H groups in total. The Labute approximate surface area is 224 Å². The van der Waals surface area contributed by atoms with E-state index in [4.69, 9.17) is 21.1 Å². The van der Waals surface area contributed by atoms with Gasteiger partial charge in [-0.25, -0.2) is 4.39 Å². The van der Waals surface area contributed by atoms with Crippen LogP contribution in [0.1, 0.15) is 21.6 Å². The minimum atomic E-state index is -0.319. The van der Waals surface area contributed by atoms with Crippen LogP contribution in [0.15, 0.2) is 48.7 Å². The van der Waals surface area contributed by atoms with E-state index in [0.29, 0.717) is 45.6 Å². The van der Waals surface area contributed by atoms with Gasteiger partial charge in [-0.05, 0) is 48.4 Å². The van der Waals surface area contributed by atoms with E-state index in [0.717, 1.165) is 43.8 Å². The molecule has 2 aromatic heterocycles. The van der Waals surface area contributed by atoms with Gasteiger partial charge in [0.05, 0.1) is 29.9 Å². The number of fused-ring (bicyclic) bond motifs is 1. The highest BCUT2D eigenvalue weighted by Gasteiger charge is 2.19. The molecule has 1 aliphatic rings. The maximum atomic E-state index is 13.4. The molecular formula is C27H28ClFN6O3. The Morgan fingerprint density at radius 3 is 2.87 bits per heavy atom. The first kappa shape index (κ1) is 25.9. The topological polar surface area (TPSA) is 104 Å². The molecule has 198 valence electrons. The highest BCUT2D eigenvalue weighted by Crippen LogP contribution is 2.32. The fraction of sp³-hybridized carbons (Fsp3) is 0.296. The Bertz CT molecular complexity index is 1440. The van der Waals surface area contributed by atoms with E-state index in [2.05, 4.69) is 30.7 Å². The zero-order valence-corrected chi connectivity index (χ0v) is 21.6. The zero-order valence-electron chi connectivity index (χ0n) is 20.9. The number of H-pyrrole nitrogens is 1. The number of hydrogen-bond donors (Lipinski definition) is 3. The smallest absolute Gasteiger partial charge is 0.268 e. The molecule has 1 saturated heterocycles. The molecule has 1 fully saturated rings. The van der Waals surface area contributed by atoms with E-state index < -0.39 is 0 Å². The van der Waals surface area contributed by atoms with Crippen molar-refractivity contribution in [2.45, 2.75) is 13.5 Å². The Balaban J connectivity index is 1.26. The van der Waals surface area contributed by atoms with Gasteiger partial charge in [0.15, 0.2) is 5.82 Å². The molecule has 9 nitrogen and oxygen atoms in total. The first-order chi connectivity index (χ1) is 18.5. The third-order valence-electron chi connectivity index (χ3n) is 6.38. The van der Waals surface area contributed by atoms with Gasteiger partial charge in [-0.2, -0.15) is 5.10 Å². The standard InChI is InChI=1S/C27H28ClFN6O3/c1-17-24-22(33-25(17)27(36)30-7-8-35-9-11-37-12-10-35)15-31-34-26(24)32-20-5-6-23(21(28)14-20)38-16-18-3-2-4-19(29)13-18/h2-6,13-15,33H,7-12,16H2,1H3,(H,30,36)(H,32,34). The zero-order chi connectivity index (χ0) is 26.5. The second kappa shape index (κ2) is 11.8. The molecule has 38 heavy (non-hydrogen) atoms. The monoisotopic (exact) mass is 538 g/mol. The van der Waals surface area contributed by atoms with Crippen LogP contribution in [0, 0.1) is 12.7 Å². The molecule has 4 aromatic rings. The number of anilines is 2. The fourth-order valence-corrected chi connectivity index (χ4v) is 4.62. The normalized spacial score (nSPS) is 14.0. The van der Waals surface area contributed by atoms with Crippen LogP contribution < -0.4 is 15.4 Å². The van der Waals surface area contributed by atoms with Crippen molar-refractivity contribution in [1.29, 1.82) is 0 Å². The summed E-state index contributed by atoms with van der Waals surface area (Å²) < 4.78 is 24.5. The summed E-state index contributed by atoms with van der Waals surface area (Å²) in [4.78, 5) is 18.4. The van der Waals surface area contributed by atoms with Crippen molar-refractivity contribution >= 4 is 39.9 Å². The number of nitrogens with one attached hydrogen (secondary N) is 3. The number of aromatic amines is 1. The lowest BCUT2D eigenvalue weighted by atomic mass is 10.1. The average molecular weight is 539 g/mol. The van der Waals surface area contributed by atoms with Crippen molar-refractivity contribution in [3.8, 4) is 5.75 Å². The van der Waals surface area contributed by atoms with E-state index in [1.54, 1.807) is 36.5 Å².